The van der Waals surface area contributed by atoms with Gasteiger partial charge in [-0.1, -0.05) is 200 Å². The lowest BCUT2D eigenvalue weighted by molar-refractivity contribution is -0.609. The molecule has 9 aromatic carbocycles. The number of hydrogen-bond donors (Lipinski definition) is 1. The first-order chi connectivity index (χ1) is 28.8. The van der Waals surface area contributed by atoms with Crippen LogP contribution in [0.5, 0.6) is 0 Å². The third kappa shape index (κ3) is 4.94. The van der Waals surface area contributed by atoms with Crippen LogP contribution in [0.15, 0.2) is 221 Å². The fraction of sp³-hybridized carbons (Fsp3) is 0.0364. The lowest BCUT2D eigenvalue weighted by Crippen LogP contribution is -2.83. The number of nitrogens with two attached hydrogens (primary N) is 1. The number of hydrogen-bond acceptors (Lipinski definition) is 2. The minimum atomic E-state index is -0.568. The van der Waals surface area contributed by atoms with E-state index in [-0.39, 0.29) is 6.17 Å². The van der Waals surface area contributed by atoms with Gasteiger partial charge in [0.25, 0.3) is 0 Å². The molecule has 3 heteroatoms. The highest BCUT2D eigenvalue weighted by Gasteiger charge is 2.53. The van der Waals surface area contributed by atoms with Gasteiger partial charge in [0, 0.05) is 32.6 Å². The summed E-state index contributed by atoms with van der Waals surface area (Å²) in [5, 5.41) is 7.51. The smallest absolute Gasteiger partial charge is 0.211 e. The summed E-state index contributed by atoms with van der Waals surface area (Å²) < 4.78 is 0. The molecular formula is C55H37N2S+. The number of fused-ring (bicyclic) bond motifs is 13. The normalized spacial score (nSPS) is 16.0. The van der Waals surface area contributed by atoms with Crippen LogP contribution in [0, 0.1) is 0 Å². The van der Waals surface area contributed by atoms with Crippen LogP contribution >= 0.6 is 11.8 Å². The summed E-state index contributed by atoms with van der Waals surface area (Å²) in [5.41, 5.74) is 15.5. The highest BCUT2D eigenvalue weighted by molar-refractivity contribution is 8.00. The number of allylic oxidation sites excluding steroid dienone is 1. The molecule has 0 saturated carbocycles. The Kier molecular flexibility index (Phi) is 7.56. The topological polar surface area (TPSA) is 29.0 Å². The van der Waals surface area contributed by atoms with Crippen LogP contribution in [0.4, 0.5) is 0 Å². The van der Waals surface area contributed by atoms with Crippen molar-refractivity contribution < 1.29 is 5.32 Å². The van der Waals surface area contributed by atoms with Crippen molar-refractivity contribution in [3.05, 3.63) is 245 Å². The first-order valence-corrected chi connectivity index (χ1v) is 20.9. The Labute approximate surface area is 342 Å². The molecule has 1 aliphatic carbocycles. The Morgan fingerprint density at radius 3 is 1.67 bits per heavy atom. The Hall–Kier alpha value is -6.78. The van der Waals surface area contributed by atoms with Crippen molar-refractivity contribution >= 4 is 44.7 Å². The average Bonchev–Trinajstić information content (AvgIpc) is 3.60. The molecule has 2 heterocycles. The van der Waals surface area contributed by atoms with Crippen LogP contribution in [-0.4, -0.2) is 5.71 Å². The van der Waals surface area contributed by atoms with Gasteiger partial charge in [-0.15, -0.1) is 0 Å². The maximum Gasteiger partial charge on any atom is 0.211 e. The van der Waals surface area contributed by atoms with Crippen molar-refractivity contribution in [1.29, 1.82) is 0 Å². The molecule has 2 N–H and O–H groups in total. The molecule has 2 aliphatic heterocycles. The van der Waals surface area contributed by atoms with Gasteiger partial charge in [0.1, 0.15) is 5.70 Å². The van der Waals surface area contributed by atoms with E-state index in [4.69, 9.17) is 4.99 Å². The van der Waals surface area contributed by atoms with Crippen LogP contribution in [0.25, 0.3) is 49.5 Å². The Morgan fingerprint density at radius 2 is 0.983 bits per heavy atom. The zero-order valence-electron chi connectivity index (χ0n) is 31.6. The van der Waals surface area contributed by atoms with Gasteiger partial charge in [0.2, 0.25) is 6.17 Å². The molecule has 1 unspecified atom stereocenters. The molecule has 9 aromatic rings. The van der Waals surface area contributed by atoms with E-state index in [2.05, 4.69) is 212 Å². The van der Waals surface area contributed by atoms with Crippen molar-refractivity contribution in [2.45, 2.75) is 21.4 Å². The van der Waals surface area contributed by atoms with E-state index in [1.165, 1.54) is 92.7 Å². The molecule has 272 valence electrons. The molecule has 2 nitrogen and oxygen atoms in total. The molecular weight excluding hydrogens is 721 g/mol. The van der Waals surface area contributed by atoms with E-state index >= 15 is 0 Å². The zero-order valence-corrected chi connectivity index (χ0v) is 32.5. The van der Waals surface area contributed by atoms with Crippen molar-refractivity contribution in [2.75, 3.05) is 0 Å². The van der Waals surface area contributed by atoms with Gasteiger partial charge in [0.15, 0.2) is 0 Å². The van der Waals surface area contributed by atoms with E-state index in [9.17, 15) is 0 Å². The number of benzene rings is 9. The first-order valence-electron chi connectivity index (χ1n) is 20.1. The summed E-state index contributed by atoms with van der Waals surface area (Å²) in [6.45, 7) is 0. The molecule has 0 aromatic heterocycles. The molecule has 1 atom stereocenters. The number of quaternary nitrogens is 1. The number of nitrogens with zero attached hydrogens (tertiary/aromatic N) is 1. The standard InChI is InChI=1S/C55H36N2S/c1-3-14-35(15-4-1)36-26-28-40(29-27-36)50-34-49(39-18-5-2-6-19-39)56-54(57-50)45-24-13-23-44-43-22-11-12-25-46(43)55(51(44)45)47-32-30-37-16-7-9-20-41(37)52(47)58-53-42-21-10-8-17-38(42)31-33-48(53)55/h1-34,54,56H/p+1. The summed E-state index contributed by atoms with van der Waals surface area (Å²) in [6, 6.07) is 73.7. The van der Waals surface area contributed by atoms with Gasteiger partial charge < -0.3 is 0 Å². The van der Waals surface area contributed by atoms with E-state index in [1.807, 2.05) is 11.8 Å². The fourth-order valence-electron chi connectivity index (χ4n) is 9.92. The molecule has 1 spiro atoms. The summed E-state index contributed by atoms with van der Waals surface area (Å²) in [5.74, 6) is 0. The second-order valence-corrected chi connectivity index (χ2v) is 16.5. The summed E-state index contributed by atoms with van der Waals surface area (Å²) >= 11 is 1.94. The molecule has 58 heavy (non-hydrogen) atoms. The average molecular weight is 758 g/mol. The summed E-state index contributed by atoms with van der Waals surface area (Å²) in [4.78, 5) is 8.38. The van der Waals surface area contributed by atoms with Crippen LogP contribution in [0.1, 0.15) is 45.1 Å². The van der Waals surface area contributed by atoms with Gasteiger partial charge in [-0.05, 0) is 78.2 Å². The van der Waals surface area contributed by atoms with Crippen molar-refractivity contribution in [2.24, 2.45) is 4.99 Å². The Morgan fingerprint density at radius 1 is 0.431 bits per heavy atom. The maximum atomic E-state index is 5.71. The van der Waals surface area contributed by atoms with Gasteiger partial charge in [-0.25, -0.2) is 4.99 Å². The molecule has 0 bridgehead atoms. The van der Waals surface area contributed by atoms with E-state index in [1.54, 1.807) is 0 Å². The monoisotopic (exact) mass is 757 g/mol. The van der Waals surface area contributed by atoms with Crippen molar-refractivity contribution in [1.82, 2.24) is 0 Å². The molecule has 12 rings (SSSR count). The highest BCUT2D eigenvalue weighted by Crippen LogP contribution is 2.65. The minimum absolute atomic E-state index is 0.229. The van der Waals surface area contributed by atoms with E-state index < -0.39 is 5.41 Å². The van der Waals surface area contributed by atoms with Crippen molar-refractivity contribution in [3.63, 3.8) is 0 Å². The van der Waals surface area contributed by atoms with Crippen molar-refractivity contribution in [3.8, 4) is 22.3 Å². The highest BCUT2D eigenvalue weighted by atomic mass is 32.2. The predicted molar refractivity (Wildman–Crippen MR) is 240 cm³/mol. The van der Waals surface area contributed by atoms with E-state index in [0.29, 0.717) is 0 Å². The third-order valence-corrected chi connectivity index (χ3v) is 13.8. The minimum Gasteiger partial charge on any atom is -0.288 e. The molecule has 0 saturated heterocycles. The predicted octanol–water partition coefficient (Wildman–Crippen LogP) is 12.6. The van der Waals surface area contributed by atoms with E-state index in [0.717, 1.165) is 11.3 Å². The van der Waals surface area contributed by atoms with Crippen LogP contribution in [0.3, 0.4) is 0 Å². The fourth-order valence-corrected chi connectivity index (χ4v) is 11.4. The molecule has 3 aliphatic rings. The van der Waals surface area contributed by atoms with Gasteiger partial charge in [0.05, 0.1) is 11.1 Å². The molecule has 0 fully saturated rings. The third-order valence-electron chi connectivity index (χ3n) is 12.5. The van der Waals surface area contributed by atoms with Gasteiger partial charge in [-0.3, -0.25) is 5.32 Å². The Bertz CT molecular complexity index is 3080. The quantitative estimate of drug-likeness (QED) is 0.190. The van der Waals surface area contributed by atoms with Crippen LogP contribution in [0.2, 0.25) is 0 Å². The maximum absolute atomic E-state index is 5.71. The van der Waals surface area contributed by atoms with Gasteiger partial charge in [-0.2, -0.15) is 0 Å². The lowest BCUT2D eigenvalue weighted by Gasteiger charge is -2.41. The largest absolute Gasteiger partial charge is 0.288 e. The second-order valence-electron chi connectivity index (χ2n) is 15.5. The second kappa shape index (κ2) is 13.1. The lowest BCUT2D eigenvalue weighted by atomic mass is 9.65. The Balaban J connectivity index is 1.13. The molecule has 0 amide bonds. The number of aliphatic imine (C=N–C) groups is 1. The summed E-state index contributed by atoms with van der Waals surface area (Å²) in [7, 11) is 0. The van der Waals surface area contributed by atoms with Gasteiger partial charge >= 0.3 is 0 Å². The SMILES string of the molecule is C1=C(c2ccccc2)[NH2+]C(c2cccc3c2C2(c4ccccc4-3)c3ccc4ccccc4c3Sc3c2ccc2ccccc32)N=C1c1ccc(-c2ccccc2)cc1. The number of rotatable bonds is 4. The van der Waals surface area contributed by atoms with Crippen LogP contribution in [-0.2, 0) is 5.41 Å². The van der Waals surface area contributed by atoms with Crippen LogP contribution < -0.4 is 5.32 Å². The summed E-state index contributed by atoms with van der Waals surface area (Å²) in [6.07, 6.45) is 2.05. The molecule has 0 radical (unpaired) electrons. The first kappa shape index (κ1) is 33.4. The zero-order chi connectivity index (χ0) is 38.2.